The molecule has 1 saturated heterocycles. The summed E-state index contributed by atoms with van der Waals surface area (Å²) in [5, 5.41) is 2.96. The van der Waals surface area contributed by atoms with Gasteiger partial charge >= 0.3 is 11.9 Å². The zero-order chi connectivity index (χ0) is 12.3. The van der Waals surface area contributed by atoms with E-state index in [0.29, 0.717) is 13.0 Å². The molecule has 92 valence electrons. The van der Waals surface area contributed by atoms with Crippen LogP contribution in [0.4, 0.5) is 0 Å². The van der Waals surface area contributed by atoms with Crippen molar-refractivity contribution in [1.82, 2.24) is 5.32 Å². The van der Waals surface area contributed by atoms with Gasteiger partial charge in [0.05, 0.1) is 12.5 Å². The van der Waals surface area contributed by atoms with Crippen LogP contribution in [0.15, 0.2) is 0 Å². The van der Waals surface area contributed by atoms with Crippen molar-refractivity contribution >= 4 is 11.9 Å². The van der Waals surface area contributed by atoms with Crippen LogP contribution in [0.1, 0.15) is 27.2 Å². The van der Waals surface area contributed by atoms with Gasteiger partial charge in [-0.3, -0.25) is 9.59 Å². The van der Waals surface area contributed by atoms with Crippen molar-refractivity contribution in [3.63, 3.8) is 0 Å². The second-order valence-corrected chi connectivity index (χ2v) is 5.00. The molecule has 1 aliphatic heterocycles. The summed E-state index contributed by atoms with van der Waals surface area (Å²) in [5.74, 6) is -0.556. The summed E-state index contributed by atoms with van der Waals surface area (Å²) >= 11 is 0. The van der Waals surface area contributed by atoms with E-state index in [0.717, 1.165) is 0 Å². The third-order valence-corrected chi connectivity index (χ3v) is 2.46. The average molecular weight is 229 g/mol. The molecule has 1 aliphatic rings. The van der Waals surface area contributed by atoms with E-state index in [9.17, 15) is 9.59 Å². The van der Waals surface area contributed by atoms with Crippen LogP contribution < -0.4 is 5.32 Å². The molecule has 5 heteroatoms. The number of esters is 2. The van der Waals surface area contributed by atoms with E-state index in [2.05, 4.69) is 10.1 Å². The van der Waals surface area contributed by atoms with Crippen LogP contribution in [0.5, 0.6) is 0 Å². The van der Waals surface area contributed by atoms with Gasteiger partial charge in [0, 0.05) is 13.0 Å². The summed E-state index contributed by atoms with van der Waals surface area (Å²) in [6, 6.07) is -0.359. The van der Waals surface area contributed by atoms with Crippen LogP contribution in [-0.2, 0) is 19.1 Å². The lowest BCUT2D eigenvalue weighted by Crippen LogP contribution is -2.31. The summed E-state index contributed by atoms with van der Waals surface area (Å²) in [6.07, 6.45) is 0.241. The van der Waals surface area contributed by atoms with Crippen LogP contribution in [0, 0.1) is 5.41 Å². The highest BCUT2D eigenvalue weighted by Gasteiger charge is 2.34. The molecule has 1 heterocycles. The number of rotatable bonds is 2. The summed E-state index contributed by atoms with van der Waals surface area (Å²) in [4.78, 5) is 22.8. The lowest BCUT2D eigenvalue weighted by Gasteiger charge is -2.19. The summed E-state index contributed by atoms with van der Waals surface area (Å²) in [6.45, 7) is 5.90. The Kier molecular flexibility index (Phi) is 3.91. The van der Waals surface area contributed by atoms with Gasteiger partial charge in [-0.15, -0.1) is 0 Å². The van der Waals surface area contributed by atoms with Gasteiger partial charge in [0.2, 0.25) is 0 Å². The highest BCUT2D eigenvalue weighted by atomic mass is 16.5. The second-order valence-electron chi connectivity index (χ2n) is 5.00. The quantitative estimate of drug-likeness (QED) is 0.698. The first-order valence-corrected chi connectivity index (χ1v) is 5.37. The van der Waals surface area contributed by atoms with E-state index in [1.807, 2.05) is 0 Å². The predicted molar refractivity (Wildman–Crippen MR) is 57.8 cm³/mol. The molecule has 0 aromatic heterocycles. The molecule has 0 bridgehead atoms. The van der Waals surface area contributed by atoms with Gasteiger partial charge < -0.3 is 14.8 Å². The molecular formula is C11H19NO4. The normalized spacial score (nSPS) is 25.2. The molecule has 0 spiro atoms. The predicted octanol–water partition coefficient (Wildman–Crippen LogP) is 0.479. The van der Waals surface area contributed by atoms with Crippen molar-refractivity contribution in [3.05, 3.63) is 0 Å². The second kappa shape index (κ2) is 4.82. The third kappa shape index (κ3) is 3.20. The number of carbonyl (C=O) groups excluding carboxylic acids is 2. The molecule has 0 aromatic rings. The van der Waals surface area contributed by atoms with Crippen molar-refractivity contribution in [3.8, 4) is 0 Å². The van der Waals surface area contributed by atoms with Crippen molar-refractivity contribution in [1.29, 1.82) is 0 Å². The molecule has 0 aliphatic carbocycles. The first-order valence-electron chi connectivity index (χ1n) is 5.37. The van der Waals surface area contributed by atoms with Crippen LogP contribution in [0.2, 0.25) is 0 Å². The van der Waals surface area contributed by atoms with E-state index >= 15 is 0 Å². The zero-order valence-corrected chi connectivity index (χ0v) is 10.2. The topological polar surface area (TPSA) is 64.6 Å². The van der Waals surface area contributed by atoms with E-state index in [-0.39, 0.29) is 24.1 Å². The molecule has 5 nitrogen and oxygen atoms in total. The SMILES string of the molecule is COC(=O)[C@@H]1C[C@@H](OC(=O)C(C)(C)C)CN1. The molecule has 0 unspecified atom stereocenters. The summed E-state index contributed by atoms with van der Waals surface area (Å²) in [7, 11) is 1.35. The Morgan fingerprint density at radius 2 is 1.94 bits per heavy atom. The summed E-state index contributed by atoms with van der Waals surface area (Å²) < 4.78 is 9.90. The highest BCUT2D eigenvalue weighted by molar-refractivity contribution is 5.77. The fourth-order valence-corrected chi connectivity index (χ4v) is 1.44. The number of nitrogens with one attached hydrogen (secondary N) is 1. The van der Waals surface area contributed by atoms with Crippen LogP contribution in [-0.4, -0.2) is 37.7 Å². The van der Waals surface area contributed by atoms with Crippen molar-refractivity contribution in [2.45, 2.75) is 39.3 Å². The highest BCUT2D eigenvalue weighted by Crippen LogP contribution is 2.19. The van der Waals surface area contributed by atoms with Gasteiger partial charge in [0.25, 0.3) is 0 Å². The standard InChI is InChI=1S/C11H19NO4/c1-11(2,3)10(14)16-7-5-8(12-6-7)9(13)15-4/h7-8,12H,5-6H2,1-4H3/t7-,8+/m1/s1. The number of carbonyl (C=O) groups is 2. The Balaban J connectivity index is 2.43. The smallest absolute Gasteiger partial charge is 0.323 e. The Labute approximate surface area is 95.5 Å². The number of ether oxygens (including phenoxy) is 2. The van der Waals surface area contributed by atoms with Crippen LogP contribution in [0.3, 0.4) is 0 Å². The van der Waals surface area contributed by atoms with E-state index in [1.165, 1.54) is 7.11 Å². The molecule has 16 heavy (non-hydrogen) atoms. The molecule has 0 radical (unpaired) electrons. The van der Waals surface area contributed by atoms with Gasteiger partial charge in [-0.25, -0.2) is 0 Å². The third-order valence-electron chi connectivity index (χ3n) is 2.46. The molecule has 0 saturated carbocycles. The minimum absolute atomic E-state index is 0.240. The monoisotopic (exact) mass is 229 g/mol. The van der Waals surface area contributed by atoms with E-state index in [4.69, 9.17) is 4.74 Å². The van der Waals surface area contributed by atoms with E-state index in [1.54, 1.807) is 20.8 Å². The largest absolute Gasteiger partial charge is 0.468 e. The van der Waals surface area contributed by atoms with Gasteiger partial charge in [0.1, 0.15) is 12.1 Å². The molecular weight excluding hydrogens is 210 g/mol. The van der Waals surface area contributed by atoms with Crippen LogP contribution >= 0.6 is 0 Å². The van der Waals surface area contributed by atoms with Gasteiger partial charge in [-0.1, -0.05) is 0 Å². The fourth-order valence-electron chi connectivity index (χ4n) is 1.44. The lowest BCUT2D eigenvalue weighted by molar-refractivity contribution is -0.158. The minimum Gasteiger partial charge on any atom is -0.468 e. The maximum atomic E-state index is 11.6. The van der Waals surface area contributed by atoms with Gasteiger partial charge in [-0.2, -0.15) is 0 Å². The first kappa shape index (κ1) is 13.0. The first-order chi connectivity index (χ1) is 7.34. The lowest BCUT2D eigenvalue weighted by atomic mass is 9.97. The Bertz CT molecular complexity index is 282. The maximum absolute atomic E-state index is 11.6. The molecule has 0 aromatic carbocycles. The van der Waals surface area contributed by atoms with Crippen molar-refractivity contribution in [2.75, 3.05) is 13.7 Å². The molecule has 2 atom stereocenters. The molecule has 1 N–H and O–H groups in total. The van der Waals surface area contributed by atoms with E-state index < -0.39 is 5.41 Å². The van der Waals surface area contributed by atoms with Crippen molar-refractivity contribution < 1.29 is 19.1 Å². The Hall–Kier alpha value is -1.10. The molecule has 0 amide bonds. The van der Waals surface area contributed by atoms with Crippen LogP contribution in [0.25, 0.3) is 0 Å². The minimum atomic E-state index is -0.511. The summed E-state index contributed by atoms with van der Waals surface area (Å²) in [5.41, 5.74) is -0.511. The van der Waals surface area contributed by atoms with Gasteiger partial charge in [0.15, 0.2) is 0 Å². The zero-order valence-electron chi connectivity index (χ0n) is 10.2. The molecule has 1 fully saturated rings. The number of hydrogen-bond donors (Lipinski definition) is 1. The number of methoxy groups -OCH3 is 1. The average Bonchev–Trinajstić information content (AvgIpc) is 2.63. The fraction of sp³-hybridized carbons (Fsp3) is 0.818. The maximum Gasteiger partial charge on any atom is 0.323 e. The van der Waals surface area contributed by atoms with Gasteiger partial charge in [-0.05, 0) is 20.8 Å². The number of hydrogen-bond acceptors (Lipinski definition) is 5. The Morgan fingerprint density at radius 3 is 2.44 bits per heavy atom. The molecule has 1 rings (SSSR count). The van der Waals surface area contributed by atoms with Crippen molar-refractivity contribution in [2.24, 2.45) is 5.41 Å². The Morgan fingerprint density at radius 1 is 1.31 bits per heavy atom.